The molecule has 6 aromatic heterocycles. The molecule has 8 heterocycles. The second kappa shape index (κ2) is 42.2. The van der Waals surface area contributed by atoms with Gasteiger partial charge in [0.1, 0.15) is 34.6 Å². The molecular weight excluding hydrogens is 1560 g/mol. The number of rotatable bonds is 19. The zero-order chi connectivity index (χ0) is 87.9. The molecule has 0 radical (unpaired) electrons. The van der Waals surface area contributed by atoms with Crippen LogP contribution in [0, 0.1) is 41.5 Å². The first-order valence-corrected chi connectivity index (χ1v) is 38.5. The summed E-state index contributed by atoms with van der Waals surface area (Å²) in [6.45, 7) is 19.4. The highest BCUT2D eigenvalue weighted by atomic mass is 16.6. The molecule has 0 spiro atoms. The Balaban J connectivity index is 0.000000158. The zero-order valence-corrected chi connectivity index (χ0v) is 71.4. The number of phenols is 1. The van der Waals surface area contributed by atoms with E-state index in [-0.39, 0.29) is 30.0 Å². The highest BCUT2D eigenvalue weighted by molar-refractivity contribution is 6.19. The standard InChI is InChI=1S/C14H17NO4.C12H15NO2.C12H12O5.C12H14O2.C11H11N3O2.C11H13NO2.C10H11NO2.C10H10O3/c1-9-11(7-15-2)10-5-4-6-12(14(10)19-9)18-8-13(16)17-3;1-8-10(7-13-2)9-5-4-6-11(14-3)12(9)15-8;1-12(11(14)16-3)10(13)7-5-4-6-8(15-2)9(7)17-12;1-4-9-8(2)14-12-10(9)6-5-7-11(12)13-3;1-7-9(6-13-14-12)8-4-3-5-10(15-2)11(8)16-7;1-7-9(6-12)8-4-3-5-10(13-2)11(8)14-7;1-6-8(5-11)7-3-2-4-9(12)10(7)13-6;1-6-9(11)7-4-3-5-8(12-2)10(7)13-6/h4-6,15H,7-8H2,1-3H3;4-6,13H,7H2,1-3H3;4-6H,1-3H3;5-7H,4H2,1-3H3;3-5H,6H2,1-2H3;3-5H,6,12H2,1-2H3;2-4,12H,5,11H2,1H3;3-6H,1-2H3. The summed E-state index contributed by atoms with van der Waals surface area (Å²) in [4.78, 5) is 49.1. The number of fused-ring (bicyclic) bond motifs is 8. The molecule has 0 amide bonds. The summed E-state index contributed by atoms with van der Waals surface area (Å²) >= 11 is 0. The van der Waals surface area contributed by atoms with Gasteiger partial charge in [-0.1, -0.05) is 97.0 Å². The molecule has 0 aliphatic carbocycles. The number of carbonyl (C=O) groups excluding carboxylic acids is 4. The molecule has 0 saturated carbocycles. The summed E-state index contributed by atoms with van der Waals surface area (Å²) in [6.07, 6.45) is 0.609. The van der Waals surface area contributed by atoms with Gasteiger partial charge in [0, 0.05) is 96.8 Å². The third kappa shape index (κ3) is 20.1. The van der Waals surface area contributed by atoms with Gasteiger partial charge in [0.25, 0.3) is 5.60 Å². The normalized spacial score (nSPS) is 13.2. The van der Waals surface area contributed by atoms with E-state index in [2.05, 4.69) is 49.2 Å². The van der Waals surface area contributed by atoms with Gasteiger partial charge in [0.2, 0.25) is 11.6 Å². The number of esters is 2. The Morgan fingerprint density at radius 2 is 0.818 bits per heavy atom. The average Bonchev–Trinajstić information content (AvgIpc) is 1.60. The lowest BCUT2D eigenvalue weighted by Gasteiger charge is -2.19. The number of Topliss-reactive ketones (excluding diaryl/α,β-unsaturated/α-hetero) is 2. The summed E-state index contributed by atoms with van der Waals surface area (Å²) in [5, 5.41) is 25.5. The lowest BCUT2D eigenvalue weighted by molar-refractivity contribution is -0.152. The lowest BCUT2D eigenvalue weighted by atomic mass is 9.98. The molecule has 8 aromatic carbocycles. The molecule has 0 fully saturated rings. The Hall–Kier alpha value is -13.6. The number of hydrogen-bond donors (Lipinski definition) is 5. The Labute approximate surface area is 699 Å². The predicted molar refractivity (Wildman–Crippen MR) is 460 cm³/mol. The van der Waals surface area contributed by atoms with Crippen LogP contribution in [0.2, 0.25) is 0 Å². The van der Waals surface area contributed by atoms with E-state index in [4.69, 9.17) is 86.1 Å². The molecule has 121 heavy (non-hydrogen) atoms. The largest absolute Gasteiger partial charge is 0.504 e. The van der Waals surface area contributed by atoms with E-state index in [1.807, 2.05) is 135 Å². The summed E-state index contributed by atoms with van der Waals surface area (Å²) in [6, 6.07) is 44.6. The van der Waals surface area contributed by atoms with Crippen LogP contribution in [-0.4, -0.2) is 118 Å². The molecule has 2 aliphatic heterocycles. The van der Waals surface area contributed by atoms with Crippen molar-refractivity contribution in [3.05, 3.63) is 235 Å². The number of carbonyl (C=O) groups is 4. The summed E-state index contributed by atoms with van der Waals surface area (Å²) in [7, 11) is 15.9. The minimum atomic E-state index is -1.62. The average molecular weight is 1660 g/mol. The Morgan fingerprint density at radius 3 is 1.23 bits per heavy atom. The van der Waals surface area contributed by atoms with Crippen molar-refractivity contribution in [3.63, 3.8) is 0 Å². The maximum absolute atomic E-state index is 12.1. The molecule has 29 nitrogen and oxygen atoms in total. The van der Waals surface area contributed by atoms with Crippen LogP contribution in [-0.2, 0) is 58.2 Å². The van der Waals surface area contributed by atoms with Crippen LogP contribution in [0.4, 0.5) is 0 Å². The van der Waals surface area contributed by atoms with Crippen LogP contribution >= 0.6 is 0 Å². The van der Waals surface area contributed by atoms with Crippen molar-refractivity contribution in [2.24, 2.45) is 16.6 Å². The van der Waals surface area contributed by atoms with Crippen LogP contribution in [0.3, 0.4) is 0 Å². The van der Waals surface area contributed by atoms with Gasteiger partial charge in [-0.05, 0) is 142 Å². The fraction of sp³-hybridized carbons (Fsp3) is 0.304. The number of ether oxygens (including phenoxy) is 11. The number of aryl methyl sites for hydroxylation is 7. The molecule has 0 bridgehead atoms. The fourth-order valence-corrected chi connectivity index (χ4v) is 13.8. The van der Waals surface area contributed by atoms with Gasteiger partial charge in [-0.3, -0.25) is 9.59 Å². The molecule has 2 unspecified atom stereocenters. The number of hydrogen-bond acceptors (Lipinski definition) is 27. The maximum Gasteiger partial charge on any atom is 0.358 e. The molecule has 2 aliphatic rings. The summed E-state index contributed by atoms with van der Waals surface area (Å²) < 4.78 is 90.2. The number of furan rings is 6. The predicted octanol–water partition coefficient (Wildman–Crippen LogP) is 18.3. The second-order valence-electron chi connectivity index (χ2n) is 27.3. The molecule has 29 heteroatoms. The van der Waals surface area contributed by atoms with E-state index in [9.17, 15) is 24.3 Å². The molecule has 7 N–H and O–H groups in total. The van der Waals surface area contributed by atoms with Gasteiger partial charge >= 0.3 is 11.9 Å². The van der Waals surface area contributed by atoms with Crippen LogP contribution in [0.1, 0.15) is 109 Å². The van der Waals surface area contributed by atoms with E-state index in [1.54, 1.807) is 97.1 Å². The van der Waals surface area contributed by atoms with Crippen molar-refractivity contribution < 1.29 is 103 Å². The second-order valence-corrected chi connectivity index (χ2v) is 27.3. The summed E-state index contributed by atoms with van der Waals surface area (Å²) in [5.74, 6) is 9.31. The first-order valence-electron chi connectivity index (χ1n) is 38.5. The van der Waals surface area contributed by atoms with Crippen LogP contribution in [0.25, 0.3) is 76.3 Å². The molecule has 14 aromatic rings. The highest BCUT2D eigenvalue weighted by Crippen LogP contribution is 2.44. The van der Waals surface area contributed by atoms with Gasteiger partial charge in [-0.15, -0.1) is 0 Å². The van der Waals surface area contributed by atoms with Crippen molar-refractivity contribution in [1.82, 2.24) is 10.6 Å². The van der Waals surface area contributed by atoms with E-state index < -0.39 is 23.3 Å². The van der Waals surface area contributed by atoms with Crippen LogP contribution < -0.4 is 64.7 Å². The van der Waals surface area contributed by atoms with Crippen molar-refractivity contribution >= 4 is 89.3 Å². The quantitative estimate of drug-likeness (QED) is 0.0165. The number of azide groups is 1. The van der Waals surface area contributed by atoms with Crippen molar-refractivity contribution in [3.8, 4) is 57.5 Å². The molecule has 0 saturated heterocycles. The highest BCUT2D eigenvalue weighted by Gasteiger charge is 2.52. The number of ketones is 2. The van der Waals surface area contributed by atoms with Crippen molar-refractivity contribution in [2.75, 3.05) is 77.6 Å². The third-order valence-electron chi connectivity index (χ3n) is 20.0. The summed E-state index contributed by atoms with van der Waals surface area (Å²) in [5.41, 5.74) is 29.8. The molecule has 638 valence electrons. The monoisotopic (exact) mass is 1660 g/mol. The number of aromatic hydroxyl groups is 1. The minimum absolute atomic E-state index is 0.0221. The Kier molecular flexibility index (Phi) is 31.9. The minimum Gasteiger partial charge on any atom is -0.504 e. The van der Waals surface area contributed by atoms with Crippen LogP contribution in [0.5, 0.6) is 57.5 Å². The number of phenolic OH excluding ortho intramolecular Hbond substituents is 1. The van der Waals surface area contributed by atoms with Gasteiger partial charge in [-0.2, -0.15) is 0 Å². The smallest absolute Gasteiger partial charge is 0.358 e. The number of nitrogens with two attached hydrogens (primary N) is 2. The van der Waals surface area contributed by atoms with Gasteiger partial charge in [0.15, 0.2) is 104 Å². The molecular formula is C92H103N7O22. The van der Waals surface area contributed by atoms with Gasteiger partial charge in [-0.25, -0.2) is 9.59 Å². The van der Waals surface area contributed by atoms with Crippen molar-refractivity contribution in [1.29, 1.82) is 0 Å². The number of benzene rings is 8. The zero-order valence-electron chi connectivity index (χ0n) is 71.4. The Morgan fingerprint density at radius 1 is 0.471 bits per heavy atom. The van der Waals surface area contributed by atoms with Gasteiger partial charge < -0.3 is 106 Å². The topological polar surface area (TPSA) is 394 Å². The van der Waals surface area contributed by atoms with Crippen molar-refractivity contribution in [2.45, 2.75) is 113 Å². The Bertz CT molecular complexity index is 5930. The van der Waals surface area contributed by atoms with E-state index in [0.717, 1.165) is 137 Å². The molecule has 2 atom stereocenters. The first-order chi connectivity index (χ1) is 58.3. The fourth-order valence-electron chi connectivity index (χ4n) is 13.8. The van der Waals surface area contributed by atoms with Gasteiger partial charge in [0.05, 0.1) is 74.6 Å². The third-order valence-corrected chi connectivity index (χ3v) is 20.0. The van der Waals surface area contributed by atoms with E-state index >= 15 is 0 Å². The van der Waals surface area contributed by atoms with E-state index in [1.165, 1.54) is 44.8 Å². The number of methoxy groups -OCH3 is 8. The van der Waals surface area contributed by atoms with Crippen LogP contribution in [0.15, 0.2) is 177 Å². The maximum atomic E-state index is 12.1. The SMILES string of the molecule is CCc1c(C)oc2c(OC)cccc12.CNCc1c(C)oc2c(OC)cccc12.CNCc1c(C)oc2c(OCC(=O)OC)cccc12.COC(=O)C1(C)Oc2c(OC)cccc2C1=O.COc1cccc2c(CN)c(C)oc12.COc1cccc2c(CN=[N+]=[N-])c(C)oc12.COc1cccc2c1OC(C)C2=O.Cc1oc2c(O)cccc2c1CN. The number of nitrogens with one attached hydrogen (secondary N) is 2. The van der Waals surface area contributed by atoms with E-state index in [0.29, 0.717) is 76.3 Å². The first kappa shape index (κ1) is 91.3. The lowest BCUT2D eigenvalue weighted by Crippen LogP contribution is -2.45. The number of nitrogens with zero attached hydrogens (tertiary/aromatic N) is 3. The number of para-hydroxylation sites is 8. The molecule has 16 rings (SSSR count).